The molecule has 0 spiro atoms. The second-order valence-corrected chi connectivity index (χ2v) is 3.62. The van der Waals surface area contributed by atoms with Gasteiger partial charge in [0.1, 0.15) is 11.4 Å². The van der Waals surface area contributed by atoms with E-state index in [4.69, 9.17) is 0 Å². The molecule has 0 atom stereocenters. The summed E-state index contributed by atoms with van der Waals surface area (Å²) in [6, 6.07) is 0.718. The molecule has 0 saturated carbocycles. The minimum atomic E-state index is -4.71. The van der Waals surface area contributed by atoms with Crippen molar-refractivity contribution in [1.82, 2.24) is 4.98 Å². The van der Waals surface area contributed by atoms with Gasteiger partial charge in [0, 0.05) is 4.47 Å². The lowest BCUT2D eigenvalue weighted by Crippen LogP contribution is -2.11. The third-order valence-corrected chi connectivity index (χ3v) is 2.69. The second kappa shape index (κ2) is 4.03. The zero-order chi connectivity index (χ0) is 11.8. The predicted molar refractivity (Wildman–Crippen MR) is 46.6 cm³/mol. The van der Waals surface area contributed by atoms with Gasteiger partial charge in [0.15, 0.2) is 0 Å². The van der Waals surface area contributed by atoms with Crippen molar-refractivity contribution in [2.24, 2.45) is 0 Å². The molecule has 15 heavy (non-hydrogen) atoms. The van der Waals surface area contributed by atoms with Crippen molar-refractivity contribution in [1.29, 1.82) is 0 Å². The average Bonchev–Trinajstić information content (AvgIpc) is 2.06. The van der Waals surface area contributed by atoms with Crippen LogP contribution < -0.4 is 0 Å². The van der Waals surface area contributed by atoms with Crippen LogP contribution in [0.5, 0.6) is 0 Å². The predicted octanol–water partition coefficient (Wildman–Crippen LogP) is 4.11. The van der Waals surface area contributed by atoms with Gasteiger partial charge in [0.2, 0.25) is 0 Å². The molecule has 0 radical (unpaired) electrons. The maximum absolute atomic E-state index is 12.3. The summed E-state index contributed by atoms with van der Waals surface area (Å²) >= 11 is 2.77. The number of alkyl halides is 5. The molecular formula is C8H5BrF5N. The minimum Gasteiger partial charge on any atom is -0.241 e. The van der Waals surface area contributed by atoms with Crippen molar-refractivity contribution in [2.75, 3.05) is 0 Å². The zero-order valence-electron chi connectivity index (χ0n) is 7.37. The summed E-state index contributed by atoms with van der Waals surface area (Å²) in [5, 5.41) is 0. The fraction of sp³-hybridized carbons (Fsp3) is 0.375. The molecule has 7 heteroatoms. The molecule has 0 amide bonds. The third-order valence-electron chi connectivity index (χ3n) is 1.66. The highest BCUT2D eigenvalue weighted by Crippen LogP contribution is 2.34. The Morgan fingerprint density at radius 3 is 2.27 bits per heavy atom. The van der Waals surface area contributed by atoms with Gasteiger partial charge in [0.25, 0.3) is 6.43 Å². The van der Waals surface area contributed by atoms with Crippen molar-refractivity contribution in [3.05, 3.63) is 27.5 Å². The quantitative estimate of drug-likeness (QED) is 0.709. The van der Waals surface area contributed by atoms with Crippen LogP contribution in [0.1, 0.15) is 23.4 Å². The van der Waals surface area contributed by atoms with E-state index >= 15 is 0 Å². The van der Waals surface area contributed by atoms with Crippen molar-refractivity contribution >= 4 is 15.9 Å². The van der Waals surface area contributed by atoms with Gasteiger partial charge in [-0.25, -0.2) is 13.8 Å². The molecule has 84 valence electrons. The first kappa shape index (κ1) is 12.4. The number of aromatic nitrogens is 1. The number of hydrogen-bond acceptors (Lipinski definition) is 1. The molecule has 0 N–H and O–H groups in total. The molecule has 0 aliphatic rings. The van der Waals surface area contributed by atoms with E-state index < -0.39 is 24.0 Å². The first-order chi connectivity index (χ1) is 6.73. The van der Waals surface area contributed by atoms with Crippen LogP contribution in [0.15, 0.2) is 10.5 Å². The Morgan fingerprint density at radius 2 is 1.87 bits per heavy atom. The Balaban J connectivity index is 3.36. The molecule has 0 aliphatic heterocycles. The molecule has 0 fully saturated rings. The lowest BCUT2D eigenvalue weighted by Gasteiger charge is -2.11. The van der Waals surface area contributed by atoms with Crippen LogP contribution in [0.3, 0.4) is 0 Å². The fourth-order valence-electron chi connectivity index (χ4n) is 0.971. The molecule has 0 aromatic carbocycles. The summed E-state index contributed by atoms with van der Waals surface area (Å²) in [4.78, 5) is 2.88. The molecule has 1 heterocycles. The van der Waals surface area contributed by atoms with Crippen LogP contribution in [-0.2, 0) is 6.18 Å². The second-order valence-electron chi connectivity index (χ2n) is 2.82. The maximum Gasteiger partial charge on any atom is 0.433 e. The van der Waals surface area contributed by atoms with E-state index in [1.54, 1.807) is 0 Å². The van der Waals surface area contributed by atoms with Crippen molar-refractivity contribution in [2.45, 2.75) is 19.5 Å². The van der Waals surface area contributed by atoms with E-state index in [9.17, 15) is 22.0 Å². The molecule has 1 nitrogen and oxygen atoms in total. The Labute approximate surface area is 90.4 Å². The van der Waals surface area contributed by atoms with Crippen LogP contribution in [0.25, 0.3) is 0 Å². The van der Waals surface area contributed by atoms with Crippen LogP contribution in [-0.4, -0.2) is 4.98 Å². The molecule has 1 rings (SSSR count). The maximum atomic E-state index is 12.3. The molecule has 0 saturated heterocycles. The van der Waals surface area contributed by atoms with Gasteiger partial charge in [-0.3, -0.25) is 0 Å². The Bertz CT molecular complexity index is 374. The number of halogens is 6. The zero-order valence-corrected chi connectivity index (χ0v) is 8.96. The van der Waals surface area contributed by atoms with Gasteiger partial charge in [-0.2, -0.15) is 13.2 Å². The topological polar surface area (TPSA) is 12.9 Å². The minimum absolute atomic E-state index is 0.0765. The summed E-state index contributed by atoms with van der Waals surface area (Å²) in [6.45, 7) is 1.30. The number of aryl methyl sites for hydroxylation is 1. The van der Waals surface area contributed by atoms with Crippen molar-refractivity contribution in [3.63, 3.8) is 0 Å². The SMILES string of the molecule is Cc1cc(C(F)(F)F)nc(C(F)F)c1Br. The van der Waals surface area contributed by atoms with E-state index in [0.717, 1.165) is 6.07 Å². The van der Waals surface area contributed by atoms with E-state index in [0.29, 0.717) is 0 Å². The standard InChI is InChI=1S/C8H5BrF5N/c1-3-2-4(8(12,13)14)15-6(5(3)9)7(10)11/h2,7H,1H3. The molecule has 0 aliphatic carbocycles. The average molecular weight is 290 g/mol. The van der Waals surface area contributed by atoms with Gasteiger partial charge in [-0.15, -0.1) is 0 Å². The summed E-state index contributed by atoms with van der Waals surface area (Å²) in [5.74, 6) is 0. The van der Waals surface area contributed by atoms with Crippen LogP contribution >= 0.6 is 15.9 Å². The first-order valence-electron chi connectivity index (χ1n) is 3.76. The molecule has 0 unspecified atom stereocenters. The fourth-order valence-corrected chi connectivity index (χ4v) is 1.35. The van der Waals surface area contributed by atoms with Gasteiger partial charge in [0.05, 0.1) is 0 Å². The van der Waals surface area contributed by atoms with Crippen molar-refractivity contribution < 1.29 is 22.0 Å². The number of rotatable bonds is 1. The highest BCUT2D eigenvalue weighted by Gasteiger charge is 2.34. The Kier molecular flexibility index (Phi) is 3.32. The van der Waals surface area contributed by atoms with Gasteiger partial charge >= 0.3 is 6.18 Å². The van der Waals surface area contributed by atoms with Gasteiger partial charge in [-0.1, -0.05) is 0 Å². The number of hydrogen-bond donors (Lipinski definition) is 0. The van der Waals surface area contributed by atoms with Gasteiger partial charge in [-0.05, 0) is 34.5 Å². The molecular weight excluding hydrogens is 285 g/mol. The summed E-state index contributed by atoms with van der Waals surface area (Å²) in [6.07, 6.45) is -7.75. The molecule has 1 aromatic rings. The van der Waals surface area contributed by atoms with Crippen LogP contribution in [0.4, 0.5) is 22.0 Å². The Hall–Kier alpha value is -0.720. The highest BCUT2D eigenvalue weighted by atomic mass is 79.9. The van der Waals surface area contributed by atoms with Crippen LogP contribution in [0.2, 0.25) is 0 Å². The normalized spacial score (nSPS) is 12.3. The van der Waals surface area contributed by atoms with E-state index in [2.05, 4.69) is 20.9 Å². The largest absolute Gasteiger partial charge is 0.433 e. The number of nitrogens with zero attached hydrogens (tertiary/aromatic N) is 1. The molecule has 1 aromatic heterocycles. The monoisotopic (exact) mass is 289 g/mol. The highest BCUT2D eigenvalue weighted by molar-refractivity contribution is 9.10. The third kappa shape index (κ3) is 2.64. The summed E-state index contributed by atoms with van der Waals surface area (Å²) in [5.41, 5.74) is -2.12. The van der Waals surface area contributed by atoms with Gasteiger partial charge < -0.3 is 0 Å². The van der Waals surface area contributed by atoms with Crippen molar-refractivity contribution in [3.8, 4) is 0 Å². The molecule has 0 bridgehead atoms. The lowest BCUT2D eigenvalue weighted by molar-refractivity contribution is -0.141. The first-order valence-corrected chi connectivity index (χ1v) is 4.55. The Morgan fingerprint density at radius 1 is 1.33 bits per heavy atom. The van der Waals surface area contributed by atoms with Crippen LogP contribution in [0, 0.1) is 6.92 Å². The van der Waals surface area contributed by atoms with E-state index in [1.165, 1.54) is 6.92 Å². The van der Waals surface area contributed by atoms with E-state index in [1.807, 2.05) is 0 Å². The number of pyridine rings is 1. The smallest absolute Gasteiger partial charge is 0.241 e. The summed E-state index contributed by atoms with van der Waals surface area (Å²) < 4.78 is 61.2. The summed E-state index contributed by atoms with van der Waals surface area (Å²) in [7, 11) is 0. The van der Waals surface area contributed by atoms with E-state index in [-0.39, 0.29) is 10.0 Å². The lowest BCUT2D eigenvalue weighted by atomic mass is 10.2.